The first-order valence-corrected chi connectivity index (χ1v) is 8.01. The quantitative estimate of drug-likeness (QED) is 0.857. The van der Waals surface area contributed by atoms with E-state index in [0.29, 0.717) is 18.2 Å². The highest BCUT2D eigenvalue weighted by molar-refractivity contribution is 7.16. The summed E-state index contributed by atoms with van der Waals surface area (Å²) in [4.78, 5) is 1.34. The topological polar surface area (TPSA) is 21.3 Å². The van der Waals surface area contributed by atoms with Crippen molar-refractivity contribution < 1.29 is 4.74 Å². The van der Waals surface area contributed by atoms with Crippen molar-refractivity contribution in [2.75, 3.05) is 6.54 Å². The molecule has 1 fully saturated rings. The molecule has 3 atom stereocenters. The minimum absolute atomic E-state index is 0.354. The third kappa shape index (κ3) is 3.95. The van der Waals surface area contributed by atoms with Crippen LogP contribution in [-0.4, -0.2) is 24.8 Å². The molecule has 1 aromatic rings. The number of halogens is 1. The van der Waals surface area contributed by atoms with Gasteiger partial charge in [0.25, 0.3) is 0 Å². The van der Waals surface area contributed by atoms with E-state index in [-0.39, 0.29) is 0 Å². The second-order valence-electron chi connectivity index (χ2n) is 5.03. The van der Waals surface area contributed by atoms with Crippen molar-refractivity contribution in [2.24, 2.45) is 0 Å². The van der Waals surface area contributed by atoms with Crippen molar-refractivity contribution in [3.63, 3.8) is 0 Å². The standard InChI is InChI=1S/C14H22ClNOS/c1-3-8-16-12(13-6-4-10(2)17-13)9-11-5-7-14(15)18-11/h5,7,10,12-13,16H,3-4,6,8-9H2,1-2H3. The third-order valence-electron chi connectivity index (χ3n) is 3.42. The van der Waals surface area contributed by atoms with Crippen molar-refractivity contribution in [3.05, 3.63) is 21.3 Å². The summed E-state index contributed by atoms with van der Waals surface area (Å²) < 4.78 is 6.88. The molecule has 0 bridgehead atoms. The minimum Gasteiger partial charge on any atom is -0.374 e. The van der Waals surface area contributed by atoms with E-state index >= 15 is 0 Å². The number of thiophene rings is 1. The van der Waals surface area contributed by atoms with Gasteiger partial charge in [-0.25, -0.2) is 0 Å². The lowest BCUT2D eigenvalue weighted by atomic mass is 10.0. The predicted molar refractivity (Wildman–Crippen MR) is 78.7 cm³/mol. The van der Waals surface area contributed by atoms with Crippen LogP contribution in [0.2, 0.25) is 4.34 Å². The lowest BCUT2D eigenvalue weighted by Gasteiger charge is -2.24. The van der Waals surface area contributed by atoms with Crippen LogP contribution in [0.4, 0.5) is 0 Å². The van der Waals surface area contributed by atoms with Gasteiger partial charge >= 0.3 is 0 Å². The van der Waals surface area contributed by atoms with Gasteiger partial charge in [-0.15, -0.1) is 11.3 Å². The van der Waals surface area contributed by atoms with Gasteiger partial charge < -0.3 is 10.1 Å². The van der Waals surface area contributed by atoms with Crippen molar-refractivity contribution >= 4 is 22.9 Å². The van der Waals surface area contributed by atoms with Crippen LogP contribution in [0.1, 0.15) is 38.0 Å². The average molecular weight is 288 g/mol. The van der Waals surface area contributed by atoms with Crippen LogP contribution in [0.5, 0.6) is 0 Å². The molecule has 1 saturated heterocycles. The van der Waals surface area contributed by atoms with Crippen LogP contribution >= 0.6 is 22.9 Å². The lowest BCUT2D eigenvalue weighted by molar-refractivity contribution is 0.0322. The molecule has 102 valence electrons. The van der Waals surface area contributed by atoms with Gasteiger partial charge in [-0.05, 0) is 51.3 Å². The molecule has 1 aliphatic rings. The molecule has 1 N–H and O–H groups in total. The summed E-state index contributed by atoms with van der Waals surface area (Å²) in [5, 5.41) is 3.63. The Hall–Kier alpha value is -0.0900. The molecule has 0 aliphatic carbocycles. The van der Waals surface area contributed by atoms with E-state index in [2.05, 4.69) is 25.2 Å². The normalized spacial score (nSPS) is 25.5. The van der Waals surface area contributed by atoms with Crippen molar-refractivity contribution in [3.8, 4) is 0 Å². The number of ether oxygens (including phenoxy) is 1. The summed E-state index contributed by atoms with van der Waals surface area (Å²) in [7, 11) is 0. The molecule has 18 heavy (non-hydrogen) atoms. The Kier molecular flexibility index (Phi) is 5.49. The second-order valence-corrected chi connectivity index (χ2v) is 6.83. The van der Waals surface area contributed by atoms with Gasteiger partial charge in [0.15, 0.2) is 0 Å². The molecule has 0 aromatic carbocycles. The Balaban J connectivity index is 1.96. The first-order chi connectivity index (χ1) is 8.69. The Morgan fingerprint density at radius 3 is 2.89 bits per heavy atom. The Morgan fingerprint density at radius 2 is 2.33 bits per heavy atom. The Bertz CT molecular complexity index is 368. The molecule has 3 unspecified atom stereocenters. The number of hydrogen-bond donors (Lipinski definition) is 1. The maximum atomic E-state index is 6.01. The second kappa shape index (κ2) is 6.90. The zero-order valence-corrected chi connectivity index (χ0v) is 12.7. The Morgan fingerprint density at radius 1 is 1.50 bits per heavy atom. The highest BCUT2D eigenvalue weighted by Gasteiger charge is 2.29. The highest BCUT2D eigenvalue weighted by atomic mass is 35.5. The fourth-order valence-corrected chi connectivity index (χ4v) is 3.62. The minimum atomic E-state index is 0.354. The summed E-state index contributed by atoms with van der Waals surface area (Å²) in [6, 6.07) is 4.53. The summed E-state index contributed by atoms with van der Waals surface area (Å²) in [5.41, 5.74) is 0. The molecule has 2 nitrogen and oxygen atoms in total. The van der Waals surface area contributed by atoms with Crippen LogP contribution in [0.15, 0.2) is 12.1 Å². The molecular weight excluding hydrogens is 266 g/mol. The van der Waals surface area contributed by atoms with E-state index < -0.39 is 0 Å². The molecule has 2 heterocycles. The molecular formula is C14H22ClNOS. The van der Waals surface area contributed by atoms with E-state index in [4.69, 9.17) is 16.3 Å². The third-order valence-corrected chi connectivity index (χ3v) is 4.67. The molecule has 0 spiro atoms. The largest absolute Gasteiger partial charge is 0.374 e. The number of nitrogens with one attached hydrogen (secondary N) is 1. The zero-order valence-electron chi connectivity index (χ0n) is 11.1. The molecule has 1 aliphatic heterocycles. The van der Waals surface area contributed by atoms with Crippen LogP contribution in [0, 0.1) is 0 Å². The molecule has 0 amide bonds. The van der Waals surface area contributed by atoms with Gasteiger partial charge in [0.2, 0.25) is 0 Å². The summed E-state index contributed by atoms with van der Waals surface area (Å²) >= 11 is 7.68. The summed E-state index contributed by atoms with van der Waals surface area (Å²) in [5.74, 6) is 0. The smallest absolute Gasteiger partial charge is 0.0931 e. The molecule has 2 rings (SSSR count). The van der Waals surface area contributed by atoms with Crippen molar-refractivity contribution in [2.45, 2.75) is 57.8 Å². The fourth-order valence-electron chi connectivity index (χ4n) is 2.47. The van der Waals surface area contributed by atoms with Gasteiger partial charge in [-0.3, -0.25) is 0 Å². The van der Waals surface area contributed by atoms with Crippen LogP contribution < -0.4 is 5.32 Å². The van der Waals surface area contributed by atoms with Gasteiger partial charge in [-0.2, -0.15) is 0 Å². The monoisotopic (exact) mass is 287 g/mol. The van der Waals surface area contributed by atoms with Crippen molar-refractivity contribution in [1.82, 2.24) is 5.32 Å². The first kappa shape index (κ1) is 14.3. The van der Waals surface area contributed by atoms with E-state index in [1.54, 1.807) is 11.3 Å². The summed E-state index contributed by atoms with van der Waals surface area (Å²) in [6.07, 6.45) is 5.29. The Labute approximate surface area is 119 Å². The lowest BCUT2D eigenvalue weighted by Crippen LogP contribution is -2.41. The maximum Gasteiger partial charge on any atom is 0.0931 e. The van der Waals surface area contributed by atoms with E-state index in [0.717, 1.165) is 23.7 Å². The molecule has 0 radical (unpaired) electrons. The number of rotatable bonds is 6. The molecule has 1 aromatic heterocycles. The zero-order chi connectivity index (χ0) is 13.0. The van der Waals surface area contributed by atoms with E-state index in [9.17, 15) is 0 Å². The van der Waals surface area contributed by atoms with Crippen molar-refractivity contribution in [1.29, 1.82) is 0 Å². The van der Waals surface area contributed by atoms with Gasteiger partial charge in [0.05, 0.1) is 16.5 Å². The van der Waals surface area contributed by atoms with Gasteiger partial charge in [-0.1, -0.05) is 18.5 Å². The van der Waals surface area contributed by atoms with Crippen LogP contribution in [0.3, 0.4) is 0 Å². The van der Waals surface area contributed by atoms with E-state index in [1.807, 2.05) is 6.07 Å². The van der Waals surface area contributed by atoms with Crippen LogP contribution in [-0.2, 0) is 11.2 Å². The van der Waals surface area contributed by atoms with Gasteiger partial charge in [0.1, 0.15) is 0 Å². The van der Waals surface area contributed by atoms with Gasteiger partial charge in [0, 0.05) is 10.9 Å². The average Bonchev–Trinajstić information content (AvgIpc) is 2.93. The SMILES string of the molecule is CCCNC(Cc1ccc(Cl)s1)C1CCC(C)O1. The first-order valence-electron chi connectivity index (χ1n) is 6.82. The number of hydrogen-bond acceptors (Lipinski definition) is 3. The predicted octanol–water partition coefficient (Wildman–Crippen LogP) is 3.88. The van der Waals surface area contributed by atoms with E-state index in [1.165, 1.54) is 17.7 Å². The molecule has 4 heteroatoms. The molecule has 0 saturated carbocycles. The van der Waals surface area contributed by atoms with Crippen LogP contribution in [0.25, 0.3) is 0 Å². The summed E-state index contributed by atoms with van der Waals surface area (Å²) in [6.45, 7) is 5.42. The highest BCUT2D eigenvalue weighted by Crippen LogP contribution is 2.27. The fraction of sp³-hybridized carbons (Fsp3) is 0.714. The maximum absolute atomic E-state index is 6.01.